The summed E-state index contributed by atoms with van der Waals surface area (Å²) in [5, 5.41) is 13.2. The summed E-state index contributed by atoms with van der Waals surface area (Å²) < 4.78 is 1.98. The molecule has 1 aliphatic heterocycles. The molecule has 3 aromatic rings. The van der Waals surface area contributed by atoms with Gasteiger partial charge in [-0.15, -0.1) is 0 Å². The molecule has 1 saturated carbocycles. The van der Waals surface area contributed by atoms with Crippen LogP contribution in [0.3, 0.4) is 0 Å². The van der Waals surface area contributed by atoms with Gasteiger partial charge in [-0.3, -0.25) is 4.79 Å². The van der Waals surface area contributed by atoms with Crippen molar-refractivity contribution < 1.29 is 9.90 Å². The fourth-order valence-electron chi connectivity index (χ4n) is 4.37. The summed E-state index contributed by atoms with van der Waals surface area (Å²) in [6, 6.07) is 10.1. The number of carboxylic acids is 1. The van der Waals surface area contributed by atoms with Crippen LogP contribution in [0.1, 0.15) is 29.2 Å². The smallest absolute Gasteiger partial charge is 0.341 e. The van der Waals surface area contributed by atoms with Gasteiger partial charge >= 0.3 is 5.97 Å². The van der Waals surface area contributed by atoms with E-state index in [1.54, 1.807) is 0 Å². The number of aromatic carboxylic acids is 1. The van der Waals surface area contributed by atoms with Crippen molar-refractivity contribution in [3.63, 3.8) is 0 Å². The number of hydrogen-bond donors (Lipinski definition) is 2. The number of anilines is 3. The number of rotatable bonds is 5. The number of nitrogens with one attached hydrogen (secondary N) is 1. The monoisotopic (exact) mass is 419 g/mol. The molecule has 2 fully saturated rings. The molecule has 2 aliphatic rings. The van der Waals surface area contributed by atoms with E-state index in [4.69, 9.17) is 0 Å². The van der Waals surface area contributed by atoms with Gasteiger partial charge in [-0.2, -0.15) is 0 Å². The molecule has 8 heteroatoms. The van der Waals surface area contributed by atoms with Crippen LogP contribution >= 0.6 is 0 Å². The Hall–Kier alpha value is -3.55. The van der Waals surface area contributed by atoms with Crippen LogP contribution in [-0.2, 0) is 0 Å². The number of fused-ring (bicyclic) bond motifs is 1. The molecular formula is C23H25N5O3. The molecule has 160 valence electrons. The summed E-state index contributed by atoms with van der Waals surface area (Å²) in [5.41, 5.74) is 2.08. The van der Waals surface area contributed by atoms with Crippen LogP contribution < -0.4 is 20.5 Å². The van der Waals surface area contributed by atoms with E-state index in [2.05, 4.69) is 20.1 Å². The van der Waals surface area contributed by atoms with Gasteiger partial charge in [0.1, 0.15) is 11.4 Å². The van der Waals surface area contributed by atoms with Crippen LogP contribution in [0, 0.1) is 0 Å². The number of carbonyl (C=O) groups is 1. The van der Waals surface area contributed by atoms with Gasteiger partial charge < -0.3 is 24.8 Å². The predicted octanol–water partition coefficient (Wildman–Crippen LogP) is 2.80. The minimum atomic E-state index is -1.18. The van der Waals surface area contributed by atoms with Gasteiger partial charge in [0.25, 0.3) is 0 Å². The lowest BCUT2D eigenvalue weighted by molar-refractivity contribution is 0.0695. The van der Waals surface area contributed by atoms with Gasteiger partial charge in [0.05, 0.1) is 16.9 Å². The number of aromatic nitrogens is 2. The van der Waals surface area contributed by atoms with Gasteiger partial charge in [-0.1, -0.05) is 6.07 Å². The summed E-state index contributed by atoms with van der Waals surface area (Å²) in [6.07, 6.45) is 5.34. The average molecular weight is 419 g/mol. The molecule has 31 heavy (non-hydrogen) atoms. The van der Waals surface area contributed by atoms with Gasteiger partial charge in [0, 0.05) is 57.0 Å². The third-order valence-electron chi connectivity index (χ3n) is 6.18. The highest BCUT2D eigenvalue weighted by atomic mass is 16.4. The molecule has 3 heterocycles. The van der Waals surface area contributed by atoms with Crippen molar-refractivity contribution in [3.8, 4) is 0 Å². The van der Waals surface area contributed by atoms with Gasteiger partial charge in [-0.05, 0) is 37.1 Å². The lowest BCUT2D eigenvalue weighted by Crippen LogP contribution is -2.47. The largest absolute Gasteiger partial charge is 0.477 e. The predicted molar refractivity (Wildman–Crippen MR) is 122 cm³/mol. The van der Waals surface area contributed by atoms with Crippen molar-refractivity contribution in [1.82, 2.24) is 9.55 Å². The number of piperazine rings is 1. The lowest BCUT2D eigenvalue weighted by Gasteiger charge is -2.37. The third kappa shape index (κ3) is 3.48. The highest BCUT2D eigenvalue weighted by Gasteiger charge is 2.28. The Morgan fingerprint density at radius 3 is 2.48 bits per heavy atom. The fraction of sp³-hybridized carbons (Fsp3) is 0.348. The quantitative estimate of drug-likeness (QED) is 0.657. The first-order valence-corrected chi connectivity index (χ1v) is 10.6. The maximum Gasteiger partial charge on any atom is 0.341 e. The molecule has 2 N–H and O–H groups in total. The normalized spacial score (nSPS) is 16.5. The van der Waals surface area contributed by atoms with E-state index in [0.29, 0.717) is 5.39 Å². The first kappa shape index (κ1) is 19.4. The Bertz CT molecular complexity index is 1200. The fourth-order valence-corrected chi connectivity index (χ4v) is 4.37. The second-order valence-electron chi connectivity index (χ2n) is 8.11. The maximum atomic E-state index is 12.9. The molecule has 0 atom stereocenters. The maximum absolute atomic E-state index is 12.9. The molecule has 0 radical (unpaired) electrons. The van der Waals surface area contributed by atoms with Crippen molar-refractivity contribution in [2.45, 2.75) is 18.9 Å². The van der Waals surface area contributed by atoms with Crippen molar-refractivity contribution in [3.05, 3.63) is 58.5 Å². The van der Waals surface area contributed by atoms with E-state index >= 15 is 0 Å². The molecular weight excluding hydrogens is 394 g/mol. The number of nitrogens with zero attached hydrogens (tertiary/aromatic N) is 4. The van der Waals surface area contributed by atoms with Gasteiger partial charge in [0.15, 0.2) is 0 Å². The third-order valence-corrected chi connectivity index (χ3v) is 6.18. The number of carboxylic acid groups (broad SMARTS) is 1. The Morgan fingerprint density at radius 1 is 1.13 bits per heavy atom. The molecule has 5 rings (SSSR count). The van der Waals surface area contributed by atoms with E-state index in [1.165, 1.54) is 6.20 Å². The topological polar surface area (TPSA) is 90.7 Å². The van der Waals surface area contributed by atoms with Crippen LogP contribution in [-0.4, -0.2) is 53.9 Å². The Balaban J connectivity index is 1.54. The first-order valence-electron chi connectivity index (χ1n) is 10.6. The molecule has 0 unspecified atom stereocenters. The van der Waals surface area contributed by atoms with Gasteiger partial charge in [0.2, 0.25) is 5.43 Å². The van der Waals surface area contributed by atoms with Crippen molar-refractivity contribution in [1.29, 1.82) is 0 Å². The van der Waals surface area contributed by atoms with E-state index in [9.17, 15) is 14.7 Å². The van der Waals surface area contributed by atoms with E-state index in [0.717, 1.165) is 61.7 Å². The summed E-state index contributed by atoms with van der Waals surface area (Å²) in [7, 11) is 1.83. The highest BCUT2D eigenvalue weighted by Crippen LogP contribution is 2.39. The van der Waals surface area contributed by atoms with Gasteiger partial charge in [-0.25, -0.2) is 9.78 Å². The molecule has 2 aromatic heterocycles. The summed E-state index contributed by atoms with van der Waals surface area (Å²) in [6.45, 7) is 3.37. The SMILES string of the molecule is CNc1cc2c(=O)c(C(=O)O)cn(C3CC3)c2cc1N1CCN(c2ccccn2)CC1. The summed E-state index contributed by atoms with van der Waals surface area (Å²) >= 11 is 0. The molecule has 0 spiro atoms. The van der Waals surface area contributed by atoms with Crippen LogP contribution in [0.4, 0.5) is 17.2 Å². The zero-order valence-corrected chi connectivity index (χ0v) is 17.4. The Morgan fingerprint density at radius 2 is 1.87 bits per heavy atom. The Labute approximate surface area is 179 Å². The number of hydrogen-bond acceptors (Lipinski definition) is 6. The zero-order chi connectivity index (χ0) is 21.5. The van der Waals surface area contributed by atoms with Crippen LogP contribution in [0.15, 0.2) is 47.5 Å². The molecule has 8 nitrogen and oxygen atoms in total. The van der Waals surface area contributed by atoms with Crippen LogP contribution in [0.5, 0.6) is 0 Å². The standard InChI is InChI=1S/C23H25N5O3/c1-24-18-12-16-19(28(15-5-6-15)14-17(22(16)29)23(30)31)13-20(18)26-8-10-27(11-9-26)21-4-2-3-7-25-21/h2-4,7,12-15,24H,5-6,8-11H2,1H3,(H,30,31). The minimum Gasteiger partial charge on any atom is -0.477 e. The van der Waals surface area contributed by atoms with Crippen molar-refractivity contribution in [2.75, 3.05) is 48.3 Å². The van der Waals surface area contributed by atoms with E-state index in [-0.39, 0.29) is 11.6 Å². The molecule has 1 aromatic carbocycles. The highest BCUT2D eigenvalue weighted by molar-refractivity contribution is 5.96. The Kier molecular flexibility index (Phi) is 4.77. The first-order chi connectivity index (χ1) is 15.1. The average Bonchev–Trinajstić information content (AvgIpc) is 3.64. The van der Waals surface area contributed by atoms with E-state index < -0.39 is 11.4 Å². The second-order valence-corrected chi connectivity index (χ2v) is 8.11. The van der Waals surface area contributed by atoms with Crippen molar-refractivity contribution in [2.24, 2.45) is 0 Å². The zero-order valence-electron chi connectivity index (χ0n) is 17.4. The molecule has 0 amide bonds. The molecule has 1 aliphatic carbocycles. The van der Waals surface area contributed by atoms with Crippen LogP contribution in [0.2, 0.25) is 0 Å². The summed E-state index contributed by atoms with van der Waals surface area (Å²) in [5.74, 6) is -0.194. The lowest BCUT2D eigenvalue weighted by atomic mass is 10.1. The number of pyridine rings is 2. The van der Waals surface area contributed by atoms with Crippen molar-refractivity contribution >= 4 is 34.1 Å². The molecule has 0 bridgehead atoms. The minimum absolute atomic E-state index is 0.168. The van der Waals surface area contributed by atoms with Crippen LogP contribution in [0.25, 0.3) is 10.9 Å². The second kappa shape index (κ2) is 7.61. The number of benzene rings is 1. The summed E-state index contributed by atoms with van der Waals surface area (Å²) in [4.78, 5) is 33.5. The van der Waals surface area contributed by atoms with E-state index in [1.807, 2.05) is 48.1 Å². The molecule has 1 saturated heterocycles.